The van der Waals surface area contributed by atoms with Crippen molar-refractivity contribution < 1.29 is 4.70 Å². The van der Waals surface area contributed by atoms with E-state index in [1.807, 2.05) is 0 Å². The quantitative estimate of drug-likeness (QED) is 0.0358. The predicted octanol–water partition coefficient (Wildman–Crippen LogP) is 27.9. The van der Waals surface area contributed by atoms with Crippen molar-refractivity contribution in [2.24, 2.45) is 11.8 Å². The molecular weight excluding hydrogens is 989 g/mol. The lowest BCUT2D eigenvalue weighted by Crippen LogP contribution is -2.09. The van der Waals surface area contributed by atoms with E-state index in [1.54, 1.807) is 4.70 Å². The summed E-state index contributed by atoms with van der Waals surface area (Å²) < 4.78 is 1.73. The fraction of sp³-hybridized carbons (Fsp3) is 0.750. The Morgan fingerprint density at radius 3 is 0.951 bits per heavy atom. The van der Waals surface area contributed by atoms with Gasteiger partial charge in [0.2, 0.25) is 11.4 Å². The molecule has 0 fully saturated rings. The van der Waals surface area contributed by atoms with Gasteiger partial charge in [0.1, 0.15) is 0 Å². The van der Waals surface area contributed by atoms with Crippen LogP contribution >= 0.6 is 0 Å². The zero-order chi connectivity index (χ0) is 58.6. The highest BCUT2D eigenvalue weighted by Gasteiger charge is 2.37. The third-order valence-corrected chi connectivity index (χ3v) is 18.8. The molecule has 0 spiro atoms. The number of hydrogen-bond donors (Lipinski definition) is 0. The van der Waals surface area contributed by atoms with Gasteiger partial charge in [-0.15, -0.1) is 0 Å². The number of hydrogen-bond acceptors (Lipinski definition) is 0. The van der Waals surface area contributed by atoms with Gasteiger partial charge in [-0.3, -0.25) is 0 Å². The molecule has 0 amide bonds. The van der Waals surface area contributed by atoms with Crippen molar-refractivity contribution in [2.75, 3.05) is 0 Å². The Morgan fingerprint density at radius 2 is 0.598 bits per heavy atom. The molecule has 1 aliphatic rings. The molecule has 466 valence electrons. The van der Waals surface area contributed by atoms with Crippen LogP contribution in [0.4, 0.5) is 0 Å². The number of unbranched alkanes of at least 4 members (excludes halogenated alkanes) is 36. The molecule has 1 heterocycles. The summed E-state index contributed by atoms with van der Waals surface area (Å²) in [5.41, 5.74) is 23.4. The molecule has 0 aliphatic carbocycles. The van der Waals surface area contributed by atoms with Crippen molar-refractivity contribution in [3.8, 4) is 0 Å². The summed E-state index contributed by atoms with van der Waals surface area (Å²) in [7, 11) is 0. The van der Waals surface area contributed by atoms with Crippen LogP contribution in [0, 0.1) is 11.8 Å². The second-order valence-corrected chi connectivity index (χ2v) is 26.2. The fourth-order valence-corrected chi connectivity index (χ4v) is 13.3. The van der Waals surface area contributed by atoms with Crippen molar-refractivity contribution >= 4 is 11.4 Å². The Balaban J connectivity index is 1.73. The molecule has 2 nitrogen and oxygen atoms in total. The van der Waals surface area contributed by atoms with Crippen molar-refractivity contribution in [1.82, 2.24) is 0 Å². The Kier molecular flexibility index (Phi) is 46.8. The summed E-state index contributed by atoms with van der Waals surface area (Å²) in [4.78, 5) is 0. The minimum Gasteiger partial charge on any atom is -0.493 e. The van der Waals surface area contributed by atoms with Gasteiger partial charge in [-0.25, -0.2) is 4.70 Å². The zero-order valence-corrected chi connectivity index (χ0v) is 55.7. The lowest BCUT2D eigenvalue weighted by Gasteiger charge is -2.18. The maximum absolute atomic E-state index is 13.1. The molecule has 0 radical (unpaired) electrons. The van der Waals surface area contributed by atoms with Gasteiger partial charge in [0, 0.05) is 22.3 Å². The number of benzene rings is 2. The summed E-state index contributed by atoms with van der Waals surface area (Å²) in [5.74, 6) is 1.39. The minimum absolute atomic E-state index is 0.693. The summed E-state index contributed by atoms with van der Waals surface area (Å²) >= 11 is 0. The lowest BCUT2D eigenvalue weighted by molar-refractivity contribution is -0.345. The molecule has 0 saturated carbocycles. The third-order valence-electron chi connectivity index (χ3n) is 18.8. The van der Waals surface area contributed by atoms with E-state index in [9.17, 15) is 5.53 Å². The molecule has 0 aromatic heterocycles. The van der Waals surface area contributed by atoms with E-state index in [0.717, 1.165) is 49.9 Å². The monoisotopic (exact) mass is 1130 g/mol. The molecule has 2 aromatic carbocycles. The molecule has 0 saturated heterocycles. The van der Waals surface area contributed by atoms with Gasteiger partial charge in [0.25, 0.3) is 0 Å². The largest absolute Gasteiger partial charge is 0.493 e. The third kappa shape index (κ3) is 33.6. The maximum Gasteiger partial charge on any atom is 0.211 e. The van der Waals surface area contributed by atoms with Crippen LogP contribution in [0.3, 0.4) is 0 Å². The Morgan fingerprint density at radius 1 is 0.305 bits per heavy atom. The van der Waals surface area contributed by atoms with Crippen LogP contribution in [0.5, 0.6) is 0 Å². The molecule has 2 unspecified atom stereocenters. The summed E-state index contributed by atoms with van der Waals surface area (Å²) in [6.07, 6.45) is 79.0. The van der Waals surface area contributed by atoms with E-state index in [-0.39, 0.29) is 0 Å². The molecule has 1 aliphatic heterocycles. The molecule has 3 rings (SSSR count). The first-order valence-electron chi connectivity index (χ1n) is 37.0. The Labute approximate surface area is 512 Å². The number of aryl methyl sites for hydroxylation is 2. The van der Waals surface area contributed by atoms with Crippen molar-refractivity contribution in [3.05, 3.63) is 112 Å². The lowest BCUT2D eigenvalue weighted by atomic mass is 9.87. The van der Waals surface area contributed by atoms with Crippen molar-refractivity contribution in [2.45, 2.75) is 375 Å². The van der Waals surface area contributed by atoms with Gasteiger partial charge < -0.3 is 5.53 Å². The zero-order valence-electron chi connectivity index (χ0n) is 55.7. The normalized spacial score (nSPS) is 13.8. The summed E-state index contributed by atoms with van der Waals surface area (Å²) in [6, 6.07) is 18.5. The van der Waals surface area contributed by atoms with Gasteiger partial charge >= 0.3 is 0 Å². The van der Waals surface area contributed by atoms with Gasteiger partial charge in [-0.2, -0.15) is 0 Å². The second kappa shape index (κ2) is 52.3. The number of allylic oxidation sites excluding steroid dienone is 6. The van der Waals surface area contributed by atoms with E-state index in [0.29, 0.717) is 11.8 Å². The second-order valence-electron chi connectivity index (χ2n) is 26.2. The molecular formula is C80H136N2. The predicted molar refractivity (Wildman–Crippen MR) is 368 cm³/mol. The van der Waals surface area contributed by atoms with Crippen LogP contribution in [-0.2, 0) is 12.8 Å². The number of nitrogens with zero attached hydrogens (tertiary/aromatic N) is 2. The van der Waals surface area contributed by atoms with Gasteiger partial charge in [0.05, 0.1) is 0 Å². The van der Waals surface area contributed by atoms with Crippen molar-refractivity contribution in [1.29, 1.82) is 0 Å². The molecule has 0 N–H and O–H groups in total. The standard InChI is InChI=1S/C80H136N2/c1-7-13-19-22-25-27-29-31-33-35-37-39-41-43-45-50-59-71(57-48-16-10-4)67-69-73-61-53-55-64-75(73)79-77(63-18-12-6)78(66-52-47-24-21-15-9-3)80(82(79)81)76-65-56-54-62-74(76)70-68-72(58-49-17-11-5)60-51-46-44-42-40-38-36-34-32-30-28-26-23-20-14-8-2/h45-46,50-51,53-56,61-62,64-65,71-72H,7-44,47-49,52,57-60,63,66-70H2,1-6H3. The average Bonchev–Trinajstić information content (AvgIpc) is 2.91. The molecule has 2 heteroatoms. The van der Waals surface area contributed by atoms with E-state index in [2.05, 4.69) is 114 Å². The van der Waals surface area contributed by atoms with Crippen LogP contribution in [0.15, 0.2) is 84.0 Å². The summed E-state index contributed by atoms with van der Waals surface area (Å²) in [5, 5.41) is 0. The van der Waals surface area contributed by atoms with Crippen LogP contribution in [0.25, 0.3) is 16.9 Å². The highest BCUT2D eigenvalue weighted by atomic mass is 15.2. The first-order valence-corrected chi connectivity index (χ1v) is 37.0. The minimum atomic E-state index is 0.693. The van der Waals surface area contributed by atoms with Gasteiger partial charge in [-0.05, 0) is 125 Å². The maximum atomic E-state index is 13.1. The highest BCUT2D eigenvalue weighted by Crippen LogP contribution is 2.46. The molecule has 2 aromatic rings. The number of rotatable bonds is 58. The first-order chi connectivity index (χ1) is 40.5. The van der Waals surface area contributed by atoms with Crippen molar-refractivity contribution in [3.63, 3.8) is 0 Å². The summed E-state index contributed by atoms with van der Waals surface area (Å²) in [6.45, 7) is 14.0. The molecule has 0 bridgehead atoms. The average molecular weight is 1130 g/mol. The van der Waals surface area contributed by atoms with E-state index in [4.69, 9.17) is 0 Å². The highest BCUT2D eigenvalue weighted by molar-refractivity contribution is 5.83. The van der Waals surface area contributed by atoms with Gasteiger partial charge in [0.15, 0.2) is 0 Å². The van der Waals surface area contributed by atoms with Gasteiger partial charge in [-0.1, -0.05) is 346 Å². The Bertz CT molecular complexity index is 1940. The SMILES string of the molecule is CCCCCCCCCCCCCCCC=CCC(CCCCC)CCc1ccccc1C1=C(CCCC)C(CCCCCCCC)=C(c2ccccc2CCC(CC=CCCCCCCCCCCCCCCC)CCCCC)[N+]1=[N-]. The van der Waals surface area contributed by atoms with Crippen LogP contribution in [0.2, 0.25) is 0 Å². The molecule has 82 heavy (non-hydrogen) atoms. The fourth-order valence-electron chi connectivity index (χ4n) is 13.3. The van der Waals surface area contributed by atoms with E-state index in [1.165, 1.54) is 329 Å². The first kappa shape index (κ1) is 73.3. The topological polar surface area (TPSA) is 25.3 Å². The van der Waals surface area contributed by atoms with Crippen LogP contribution in [0.1, 0.15) is 385 Å². The smallest absolute Gasteiger partial charge is 0.211 e. The van der Waals surface area contributed by atoms with E-state index < -0.39 is 0 Å². The van der Waals surface area contributed by atoms with E-state index >= 15 is 0 Å². The van der Waals surface area contributed by atoms with Crippen LogP contribution < -0.4 is 0 Å². The molecule has 2 atom stereocenters. The Hall–Kier alpha value is -3.00. The van der Waals surface area contributed by atoms with Crippen LogP contribution in [-0.4, -0.2) is 4.70 Å².